The van der Waals surface area contributed by atoms with E-state index in [2.05, 4.69) is 39.3 Å². The molecule has 152 valence electrons. The molecule has 3 aromatic heterocycles. The van der Waals surface area contributed by atoms with Crippen LogP contribution in [0.2, 0.25) is 0 Å². The summed E-state index contributed by atoms with van der Waals surface area (Å²) >= 11 is 0. The molecule has 0 atom stereocenters. The van der Waals surface area contributed by atoms with E-state index < -0.39 is 0 Å². The maximum atomic E-state index is 12.8. The molecule has 1 amide bonds. The fourth-order valence-electron chi connectivity index (χ4n) is 3.36. The number of aryl methyl sites for hydroxylation is 1. The zero-order valence-electron chi connectivity index (χ0n) is 17.2. The first-order chi connectivity index (χ1) is 14.6. The molecule has 3 heterocycles. The minimum Gasteiger partial charge on any atom is -0.383 e. The highest BCUT2D eigenvalue weighted by molar-refractivity contribution is 6.01. The summed E-state index contributed by atoms with van der Waals surface area (Å²) in [5.74, 6) is -0.0869. The Kier molecular flexibility index (Phi) is 5.54. The number of nitrogens with zero attached hydrogens (tertiary/aromatic N) is 5. The standard InChI is InChI=1S/C23H23N5O2/c1-27(8-9-30-3)23(29)18-10-20-21(13-24-14-22(20)25-11-18)17-6-4-16(5-7-17)19-12-26-28(2)15-19/h4-7,10-15H,8-9H2,1-3H3. The van der Waals surface area contributed by atoms with Crippen molar-refractivity contribution in [2.24, 2.45) is 7.05 Å². The van der Waals surface area contributed by atoms with E-state index in [1.54, 1.807) is 36.1 Å². The van der Waals surface area contributed by atoms with E-state index in [4.69, 9.17) is 4.74 Å². The summed E-state index contributed by atoms with van der Waals surface area (Å²) in [6.07, 6.45) is 8.95. The number of methoxy groups -OCH3 is 1. The fraction of sp³-hybridized carbons (Fsp3) is 0.217. The van der Waals surface area contributed by atoms with Crippen LogP contribution in [0, 0.1) is 0 Å². The third-order valence-electron chi connectivity index (χ3n) is 5.07. The van der Waals surface area contributed by atoms with Gasteiger partial charge in [-0.2, -0.15) is 5.10 Å². The molecule has 0 aliphatic heterocycles. The molecule has 0 unspecified atom stereocenters. The topological polar surface area (TPSA) is 73.1 Å². The number of pyridine rings is 2. The lowest BCUT2D eigenvalue weighted by Crippen LogP contribution is -2.30. The molecule has 0 bridgehead atoms. The van der Waals surface area contributed by atoms with Gasteiger partial charge in [-0.05, 0) is 17.2 Å². The first kappa shape index (κ1) is 19.7. The Morgan fingerprint density at radius 3 is 2.53 bits per heavy atom. The molecule has 0 spiro atoms. The average molecular weight is 401 g/mol. The van der Waals surface area contributed by atoms with Gasteiger partial charge in [0, 0.05) is 62.9 Å². The van der Waals surface area contributed by atoms with Crippen molar-refractivity contribution in [3.63, 3.8) is 0 Å². The van der Waals surface area contributed by atoms with Gasteiger partial charge in [0.25, 0.3) is 5.91 Å². The SMILES string of the molecule is COCCN(C)C(=O)c1cnc2cncc(-c3ccc(-c4cnn(C)c4)cc3)c2c1. The molecule has 0 radical (unpaired) electrons. The number of likely N-dealkylation sites (N-methyl/N-ethyl adjacent to an activating group) is 1. The van der Waals surface area contributed by atoms with Gasteiger partial charge in [-0.3, -0.25) is 19.4 Å². The summed E-state index contributed by atoms with van der Waals surface area (Å²) in [7, 11) is 5.28. The third kappa shape index (κ3) is 3.92. The van der Waals surface area contributed by atoms with Crippen LogP contribution in [0.4, 0.5) is 0 Å². The molecular formula is C23H23N5O2. The van der Waals surface area contributed by atoms with Gasteiger partial charge in [0.05, 0.1) is 30.1 Å². The van der Waals surface area contributed by atoms with Gasteiger partial charge in [0.15, 0.2) is 0 Å². The summed E-state index contributed by atoms with van der Waals surface area (Å²) in [6, 6.07) is 10.1. The number of fused-ring (bicyclic) bond motifs is 1. The van der Waals surface area contributed by atoms with Crippen molar-refractivity contribution in [2.45, 2.75) is 0 Å². The van der Waals surface area contributed by atoms with Crippen molar-refractivity contribution in [3.8, 4) is 22.3 Å². The lowest BCUT2D eigenvalue weighted by Gasteiger charge is -2.17. The van der Waals surface area contributed by atoms with Crippen LogP contribution in [0.5, 0.6) is 0 Å². The zero-order valence-corrected chi connectivity index (χ0v) is 17.2. The van der Waals surface area contributed by atoms with Crippen LogP contribution >= 0.6 is 0 Å². The first-order valence-electron chi connectivity index (χ1n) is 9.64. The number of rotatable bonds is 6. The van der Waals surface area contributed by atoms with Gasteiger partial charge in [-0.1, -0.05) is 24.3 Å². The summed E-state index contributed by atoms with van der Waals surface area (Å²) < 4.78 is 6.85. The summed E-state index contributed by atoms with van der Waals surface area (Å²) in [5, 5.41) is 5.12. The first-order valence-corrected chi connectivity index (χ1v) is 9.64. The number of carbonyl (C=O) groups excluding carboxylic acids is 1. The van der Waals surface area contributed by atoms with Gasteiger partial charge >= 0.3 is 0 Å². The molecular weight excluding hydrogens is 378 g/mol. The van der Waals surface area contributed by atoms with Crippen LogP contribution in [-0.4, -0.2) is 57.9 Å². The van der Waals surface area contributed by atoms with Crippen molar-refractivity contribution in [3.05, 3.63) is 66.9 Å². The number of amides is 1. The molecule has 30 heavy (non-hydrogen) atoms. The van der Waals surface area contributed by atoms with Crippen LogP contribution < -0.4 is 0 Å². The Morgan fingerprint density at radius 1 is 1.07 bits per heavy atom. The summed E-state index contributed by atoms with van der Waals surface area (Å²) in [4.78, 5) is 23.2. The smallest absolute Gasteiger partial charge is 0.255 e. The molecule has 7 heteroatoms. The van der Waals surface area contributed by atoms with Crippen LogP contribution in [-0.2, 0) is 11.8 Å². The Balaban J connectivity index is 1.69. The van der Waals surface area contributed by atoms with E-state index in [0.717, 1.165) is 33.2 Å². The highest BCUT2D eigenvalue weighted by Crippen LogP contribution is 2.29. The van der Waals surface area contributed by atoms with Crippen molar-refractivity contribution in [2.75, 3.05) is 27.3 Å². The van der Waals surface area contributed by atoms with E-state index in [9.17, 15) is 4.79 Å². The fourth-order valence-corrected chi connectivity index (χ4v) is 3.36. The van der Waals surface area contributed by atoms with E-state index in [1.165, 1.54) is 0 Å². The molecule has 1 aromatic carbocycles. The normalized spacial score (nSPS) is 11.0. The largest absolute Gasteiger partial charge is 0.383 e. The van der Waals surface area contributed by atoms with Gasteiger partial charge in [-0.15, -0.1) is 0 Å². The Morgan fingerprint density at radius 2 is 1.83 bits per heavy atom. The van der Waals surface area contributed by atoms with Crippen molar-refractivity contribution < 1.29 is 9.53 Å². The van der Waals surface area contributed by atoms with Crippen molar-refractivity contribution in [1.29, 1.82) is 0 Å². The van der Waals surface area contributed by atoms with E-state index in [1.807, 2.05) is 31.7 Å². The lowest BCUT2D eigenvalue weighted by atomic mass is 9.99. The van der Waals surface area contributed by atoms with Crippen LogP contribution in [0.15, 0.2) is 61.3 Å². The monoisotopic (exact) mass is 401 g/mol. The predicted molar refractivity (Wildman–Crippen MR) is 116 cm³/mol. The maximum Gasteiger partial charge on any atom is 0.255 e. The molecule has 0 saturated heterocycles. The Bertz CT molecular complexity index is 1180. The average Bonchev–Trinajstić information content (AvgIpc) is 3.22. The van der Waals surface area contributed by atoms with E-state index in [-0.39, 0.29) is 5.91 Å². The minimum absolute atomic E-state index is 0.0869. The lowest BCUT2D eigenvalue weighted by molar-refractivity contribution is 0.0744. The minimum atomic E-state index is -0.0869. The van der Waals surface area contributed by atoms with Crippen molar-refractivity contribution >= 4 is 16.8 Å². The second kappa shape index (κ2) is 8.42. The molecule has 4 aromatic rings. The van der Waals surface area contributed by atoms with Gasteiger partial charge in [0.2, 0.25) is 0 Å². The quantitative estimate of drug-likeness (QED) is 0.495. The van der Waals surface area contributed by atoms with E-state index in [0.29, 0.717) is 18.7 Å². The van der Waals surface area contributed by atoms with Gasteiger partial charge < -0.3 is 9.64 Å². The second-order valence-electron chi connectivity index (χ2n) is 7.18. The third-order valence-corrected chi connectivity index (χ3v) is 5.07. The summed E-state index contributed by atoms with van der Waals surface area (Å²) in [6.45, 7) is 1.01. The molecule has 0 N–H and O–H groups in total. The Labute approximate surface area is 174 Å². The van der Waals surface area contributed by atoms with Crippen LogP contribution in [0.3, 0.4) is 0 Å². The Hall–Kier alpha value is -3.58. The molecule has 7 nitrogen and oxygen atoms in total. The number of aromatic nitrogens is 4. The zero-order chi connectivity index (χ0) is 21.1. The van der Waals surface area contributed by atoms with Crippen LogP contribution in [0.25, 0.3) is 33.2 Å². The highest BCUT2D eigenvalue weighted by Gasteiger charge is 2.14. The molecule has 0 saturated carbocycles. The number of hydrogen-bond acceptors (Lipinski definition) is 5. The molecule has 0 aliphatic rings. The van der Waals surface area contributed by atoms with Crippen LogP contribution in [0.1, 0.15) is 10.4 Å². The molecule has 0 aliphatic carbocycles. The maximum absolute atomic E-state index is 12.8. The predicted octanol–water partition coefficient (Wildman–Crippen LogP) is 3.42. The van der Waals surface area contributed by atoms with Crippen molar-refractivity contribution in [1.82, 2.24) is 24.6 Å². The summed E-state index contributed by atoms with van der Waals surface area (Å²) in [5.41, 5.74) is 5.40. The number of hydrogen-bond donors (Lipinski definition) is 0. The molecule has 4 rings (SSSR count). The molecule has 0 fully saturated rings. The highest BCUT2D eigenvalue weighted by atomic mass is 16.5. The number of carbonyl (C=O) groups is 1. The van der Waals surface area contributed by atoms with Gasteiger partial charge in [0.1, 0.15) is 0 Å². The second-order valence-corrected chi connectivity index (χ2v) is 7.18. The number of ether oxygens (including phenoxy) is 1. The number of benzene rings is 1. The van der Waals surface area contributed by atoms with E-state index >= 15 is 0 Å². The van der Waals surface area contributed by atoms with Gasteiger partial charge in [-0.25, -0.2) is 0 Å².